The summed E-state index contributed by atoms with van der Waals surface area (Å²) in [6, 6.07) is 4.28. The molecule has 2 N–H and O–H groups in total. The maximum absolute atomic E-state index is 5.74. The number of guanidine groups is 1. The Kier molecular flexibility index (Phi) is 9.73. The summed E-state index contributed by atoms with van der Waals surface area (Å²) in [6.45, 7) is 10.7. The van der Waals surface area contributed by atoms with Crippen molar-refractivity contribution in [3.05, 3.63) is 39.7 Å². The van der Waals surface area contributed by atoms with Crippen molar-refractivity contribution in [2.24, 2.45) is 4.99 Å². The molecule has 1 aliphatic rings. The Morgan fingerprint density at radius 1 is 1.29 bits per heavy atom. The number of hydrogen-bond donors (Lipinski definition) is 2. The van der Waals surface area contributed by atoms with Crippen molar-refractivity contribution in [3.8, 4) is 0 Å². The zero-order chi connectivity index (χ0) is 19.1. The van der Waals surface area contributed by atoms with Crippen LogP contribution in [0.4, 0.5) is 0 Å². The summed E-state index contributed by atoms with van der Waals surface area (Å²) < 4.78 is 5.74. The number of aromatic nitrogens is 1. The van der Waals surface area contributed by atoms with Gasteiger partial charge in [-0.15, -0.1) is 35.3 Å². The lowest BCUT2D eigenvalue weighted by Crippen LogP contribution is -2.44. The molecule has 0 aliphatic carbocycles. The van der Waals surface area contributed by atoms with E-state index in [4.69, 9.17) is 9.41 Å². The van der Waals surface area contributed by atoms with Gasteiger partial charge in [0.1, 0.15) is 5.76 Å². The predicted octanol–water partition coefficient (Wildman–Crippen LogP) is 4.25. The summed E-state index contributed by atoms with van der Waals surface area (Å²) in [4.78, 5) is 13.0. The van der Waals surface area contributed by atoms with Crippen molar-refractivity contribution in [2.45, 2.75) is 52.6 Å². The van der Waals surface area contributed by atoms with E-state index in [0.29, 0.717) is 6.54 Å². The van der Waals surface area contributed by atoms with E-state index in [9.17, 15) is 0 Å². The topological polar surface area (TPSA) is 65.7 Å². The number of likely N-dealkylation sites (tertiary alicyclic amines) is 1. The molecule has 3 rings (SSSR count). The van der Waals surface area contributed by atoms with Gasteiger partial charge < -0.3 is 15.1 Å². The Balaban J connectivity index is 0.00000280. The minimum Gasteiger partial charge on any atom is -0.468 e. The summed E-state index contributed by atoms with van der Waals surface area (Å²) in [7, 11) is 0. The maximum atomic E-state index is 5.74. The van der Waals surface area contributed by atoms with Crippen molar-refractivity contribution in [3.63, 3.8) is 0 Å². The SMILES string of the molecule is CCNC(=NCc1sc(C)nc1C)NCC(c1ccco1)N1CCCCC1.I. The highest BCUT2D eigenvalue weighted by molar-refractivity contribution is 14.0. The van der Waals surface area contributed by atoms with Gasteiger partial charge in [-0.25, -0.2) is 9.98 Å². The Labute approximate surface area is 189 Å². The van der Waals surface area contributed by atoms with Crippen LogP contribution in [-0.4, -0.2) is 42.0 Å². The molecule has 0 amide bonds. The van der Waals surface area contributed by atoms with Crippen LogP contribution in [0.3, 0.4) is 0 Å². The molecule has 2 aromatic rings. The van der Waals surface area contributed by atoms with E-state index in [1.165, 1.54) is 24.1 Å². The predicted molar refractivity (Wildman–Crippen MR) is 127 cm³/mol. The first-order valence-corrected chi connectivity index (χ1v) is 10.7. The summed E-state index contributed by atoms with van der Waals surface area (Å²) in [5, 5.41) is 7.98. The van der Waals surface area contributed by atoms with Crippen LogP contribution in [0.2, 0.25) is 0 Å². The molecule has 0 saturated carbocycles. The number of piperidine rings is 1. The number of thiazole rings is 1. The number of furan rings is 1. The van der Waals surface area contributed by atoms with Crippen LogP contribution in [0.5, 0.6) is 0 Å². The molecule has 0 radical (unpaired) electrons. The summed E-state index contributed by atoms with van der Waals surface area (Å²) in [6.07, 6.45) is 5.61. The zero-order valence-electron chi connectivity index (χ0n) is 17.0. The second-order valence-electron chi connectivity index (χ2n) is 6.95. The number of nitrogens with one attached hydrogen (secondary N) is 2. The van der Waals surface area contributed by atoms with Gasteiger partial charge in [-0.1, -0.05) is 6.42 Å². The smallest absolute Gasteiger partial charge is 0.191 e. The Bertz CT molecular complexity index is 725. The fraction of sp³-hybridized carbons (Fsp3) is 0.600. The van der Waals surface area contributed by atoms with Crippen LogP contribution >= 0.6 is 35.3 Å². The van der Waals surface area contributed by atoms with Crippen molar-refractivity contribution in [1.29, 1.82) is 0 Å². The highest BCUT2D eigenvalue weighted by atomic mass is 127. The number of aliphatic imine (C=N–C) groups is 1. The molecule has 156 valence electrons. The van der Waals surface area contributed by atoms with Gasteiger partial charge in [-0.3, -0.25) is 4.90 Å². The third-order valence-electron chi connectivity index (χ3n) is 4.89. The van der Waals surface area contributed by atoms with Gasteiger partial charge in [-0.2, -0.15) is 0 Å². The zero-order valence-corrected chi connectivity index (χ0v) is 20.2. The van der Waals surface area contributed by atoms with E-state index < -0.39 is 0 Å². The third-order valence-corrected chi connectivity index (χ3v) is 5.95. The largest absolute Gasteiger partial charge is 0.468 e. The molecular weight excluding hydrogens is 485 g/mol. The number of hydrogen-bond acceptors (Lipinski definition) is 5. The van der Waals surface area contributed by atoms with Crippen LogP contribution in [0.1, 0.15) is 53.6 Å². The summed E-state index contributed by atoms with van der Waals surface area (Å²) >= 11 is 1.72. The van der Waals surface area contributed by atoms with Gasteiger partial charge in [0.25, 0.3) is 0 Å². The number of aryl methyl sites for hydroxylation is 2. The third kappa shape index (κ3) is 6.45. The molecular formula is C20H32IN5OS. The molecule has 0 spiro atoms. The Hall–Kier alpha value is -1.13. The fourth-order valence-electron chi connectivity index (χ4n) is 3.53. The van der Waals surface area contributed by atoms with Gasteiger partial charge in [0, 0.05) is 18.0 Å². The standard InChI is InChI=1S/C20H31N5OS.HI/c1-4-21-20(23-14-19-15(2)24-16(3)27-19)22-13-17(18-9-8-12-26-18)25-10-6-5-7-11-25;/h8-9,12,17H,4-7,10-11,13-14H2,1-3H3,(H2,21,22,23);1H. The lowest BCUT2D eigenvalue weighted by Gasteiger charge is -2.33. The number of halogens is 1. The van der Waals surface area contributed by atoms with Gasteiger partial charge >= 0.3 is 0 Å². The first-order valence-electron chi connectivity index (χ1n) is 9.90. The second kappa shape index (κ2) is 11.8. The van der Waals surface area contributed by atoms with Gasteiger partial charge in [0.2, 0.25) is 0 Å². The minimum absolute atomic E-state index is 0. The second-order valence-corrected chi connectivity index (χ2v) is 8.23. The molecule has 0 bridgehead atoms. The van der Waals surface area contributed by atoms with Crippen molar-refractivity contribution in [2.75, 3.05) is 26.2 Å². The van der Waals surface area contributed by atoms with E-state index in [-0.39, 0.29) is 30.0 Å². The molecule has 1 unspecified atom stereocenters. The average Bonchev–Trinajstić information content (AvgIpc) is 3.30. The summed E-state index contributed by atoms with van der Waals surface area (Å²) in [5.74, 6) is 1.87. The van der Waals surface area contributed by atoms with Gasteiger partial charge in [0.05, 0.1) is 29.6 Å². The van der Waals surface area contributed by atoms with E-state index in [0.717, 1.165) is 48.6 Å². The van der Waals surface area contributed by atoms with Crippen LogP contribution in [0.15, 0.2) is 27.8 Å². The van der Waals surface area contributed by atoms with Crippen LogP contribution in [-0.2, 0) is 6.54 Å². The maximum Gasteiger partial charge on any atom is 0.191 e. The fourth-order valence-corrected chi connectivity index (χ4v) is 4.39. The quantitative estimate of drug-likeness (QED) is 0.327. The van der Waals surface area contributed by atoms with E-state index in [1.807, 2.05) is 13.0 Å². The molecule has 1 aliphatic heterocycles. The van der Waals surface area contributed by atoms with Crippen molar-refractivity contribution < 1.29 is 4.42 Å². The highest BCUT2D eigenvalue weighted by Crippen LogP contribution is 2.24. The van der Waals surface area contributed by atoms with Gasteiger partial charge in [0.15, 0.2) is 5.96 Å². The van der Waals surface area contributed by atoms with Crippen molar-refractivity contribution in [1.82, 2.24) is 20.5 Å². The van der Waals surface area contributed by atoms with Crippen LogP contribution in [0.25, 0.3) is 0 Å². The molecule has 0 aromatic carbocycles. The number of nitrogens with zero attached hydrogens (tertiary/aromatic N) is 3. The molecule has 2 aromatic heterocycles. The first-order chi connectivity index (χ1) is 13.2. The molecule has 1 fully saturated rings. The Morgan fingerprint density at radius 2 is 2.07 bits per heavy atom. The molecule has 3 heterocycles. The average molecular weight is 517 g/mol. The highest BCUT2D eigenvalue weighted by Gasteiger charge is 2.24. The van der Waals surface area contributed by atoms with E-state index >= 15 is 0 Å². The Morgan fingerprint density at radius 3 is 2.68 bits per heavy atom. The molecule has 6 nitrogen and oxygen atoms in total. The van der Waals surface area contributed by atoms with Crippen LogP contribution < -0.4 is 10.6 Å². The molecule has 8 heteroatoms. The normalized spacial score (nSPS) is 16.5. The first kappa shape index (κ1) is 23.2. The summed E-state index contributed by atoms with van der Waals surface area (Å²) in [5.41, 5.74) is 1.08. The monoisotopic (exact) mass is 517 g/mol. The molecule has 28 heavy (non-hydrogen) atoms. The molecule has 1 saturated heterocycles. The van der Waals surface area contributed by atoms with Crippen molar-refractivity contribution >= 4 is 41.3 Å². The van der Waals surface area contributed by atoms with Crippen LogP contribution in [0, 0.1) is 13.8 Å². The van der Waals surface area contributed by atoms with E-state index in [2.05, 4.69) is 40.4 Å². The number of rotatable bonds is 7. The van der Waals surface area contributed by atoms with E-state index in [1.54, 1.807) is 17.6 Å². The lowest BCUT2D eigenvalue weighted by atomic mass is 10.1. The minimum atomic E-state index is 0. The lowest BCUT2D eigenvalue weighted by molar-refractivity contribution is 0.146. The van der Waals surface area contributed by atoms with Gasteiger partial charge in [-0.05, 0) is 58.8 Å². The molecule has 1 atom stereocenters.